The standard InChI is InChI=1S/C23H19Cl2NO3/c1-14(26-23(27)13-28-22-9-7-16(24)12-19(22)25)10-15-6-8-21-18(11-15)17-4-2-3-5-20(17)29-21/h2-9,11-12,14H,10,13H2,1H3,(H,26,27)/t14-/m1/s1. The number of hydrogen-bond donors (Lipinski definition) is 1. The van der Waals surface area contributed by atoms with Gasteiger partial charge in [-0.05, 0) is 55.3 Å². The van der Waals surface area contributed by atoms with Crippen molar-refractivity contribution in [2.45, 2.75) is 19.4 Å². The van der Waals surface area contributed by atoms with Crippen molar-refractivity contribution in [3.63, 3.8) is 0 Å². The SMILES string of the molecule is C[C@H](Cc1ccc2oc3ccccc3c2c1)NC(=O)COc1ccc(Cl)cc1Cl. The number of fused-ring (bicyclic) bond motifs is 3. The predicted octanol–water partition coefficient (Wildman–Crippen LogP) is 6.02. The zero-order valence-electron chi connectivity index (χ0n) is 15.7. The number of carbonyl (C=O) groups is 1. The van der Waals surface area contributed by atoms with Crippen LogP contribution in [0.5, 0.6) is 5.75 Å². The first-order valence-electron chi connectivity index (χ1n) is 9.27. The molecule has 0 fully saturated rings. The van der Waals surface area contributed by atoms with Gasteiger partial charge >= 0.3 is 0 Å². The van der Waals surface area contributed by atoms with Gasteiger partial charge in [0, 0.05) is 21.8 Å². The van der Waals surface area contributed by atoms with Gasteiger partial charge in [0.2, 0.25) is 0 Å². The molecule has 0 aliphatic carbocycles. The van der Waals surface area contributed by atoms with Crippen LogP contribution in [0.15, 0.2) is 65.1 Å². The van der Waals surface area contributed by atoms with E-state index in [-0.39, 0.29) is 18.6 Å². The minimum absolute atomic E-state index is 0.0533. The van der Waals surface area contributed by atoms with E-state index in [9.17, 15) is 4.79 Å². The zero-order chi connectivity index (χ0) is 20.4. The molecule has 0 unspecified atom stereocenters. The van der Waals surface area contributed by atoms with Crippen molar-refractivity contribution in [3.8, 4) is 5.75 Å². The van der Waals surface area contributed by atoms with Crippen molar-refractivity contribution >= 4 is 51.0 Å². The number of ether oxygens (including phenoxy) is 1. The molecule has 4 rings (SSSR count). The van der Waals surface area contributed by atoms with Gasteiger partial charge in [0.1, 0.15) is 16.9 Å². The molecular weight excluding hydrogens is 409 g/mol. The third-order valence-electron chi connectivity index (χ3n) is 4.64. The Balaban J connectivity index is 1.38. The lowest BCUT2D eigenvalue weighted by Crippen LogP contribution is -2.37. The number of benzene rings is 3. The lowest BCUT2D eigenvalue weighted by Gasteiger charge is -2.15. The second-order valence-electron chi connectivity index (χ2n) is 6.96. The molecule has 29 heavy (non-hydrogen) atoms. The van der Waals surface area contributed by atoms with Crippen molar-refractivity contribution in [3.05, 3.63) is 76.3 Å². The summed E-state index contributed by atoms with van der Waals surface area (Å²) in [5.41, 5.74) is 2.86. The van der Waals surface area contributed by atoms with Crippen LogP contribution >= 0.6 is 23.2 Å². The van der Waals surface area contributed by atoms with Gasteiger partial charge in [0.15, 0.2) is 6.61 Å². The summed E-state index contributed by atoms with van der Waals surface area (Å²) in [4.78, 5) is 12.2. The van der Waals surface area contributed by atoms with Crippen molar-refractivity contribution in [1.29, 1.82) is 0 Å². The van der Waals surface area contributed by atoms with Gasteiger partial charge in [0.25, 0.3) is 5.91 Å². The Labute approximate surface area is 178 Å². The minimum Gasteiger partial charge on any atom is -0.482 e. The second kappa shape index (κ2) is 8.36. The van der Waals surface area contributed by atoms with Gasteiger partial charge in [-0.3, -0.25) is 4.79 Å². The molecule has 0 bridgehead atoms. The van der Waals surface area contributed by atoms with Crippen LogP contribution in [0.25, 0.3) is 21.9 Å². The molecule has 1 aromatic heterocycles. The maximum Gasteiger partial charge on any atom is 0.258 e. The van der Waals surface area contributed by atoms with Gasteiger partial charge in [0.05, 0.1) is 5.02 Å². The van der Waals surface area contributed by atoms with Crippen LogP contribution in [0.1, 0.15) is 12.5 Å². The first kappa shape index (κ1) is 19.6. The Morgan fingerprint density at radius 2 is 1.83 bits per heavy atom. The molecule has 0 aliphatic rings. The van der Waals surface area contributed by atoms with E-state index in [0.29, 0.717) is 22.2 Å². The molecule has 0 radical (unpaired) electrons. The number of nitrogens with one attached hydrogen (secondary N) is 1. The van der Waals surface area contributed by atoms with Crippen molar-refractivity contribution in [1.82, 2.24) is 5.32 Å². The molecule has 148 valence electrons. The Kier molecular flexibility index (Phi) is 5.65. The topological polar surface area (TPSA) is 51.5 Å². The number of amides is 1. The minimum atomic E-state index is -0.210. The average Bonchev–Trinajstić information content (AvgIpc) is 3.05. The van der Waals surface area contributed by atoms with E-state index in [1.807, 2.05) is 37.3 Å². The van der Waals surface area contributed by atoms with Crippen LogP contribution in [0.3, 0.4) is 0 Å². The number of carbonyl (C=O) groups excluding carboxylic acids is 1. The summed E-state index contributed by atoms with van der Waals surface area (Å²) in [5.74, 6) is 0.217. The molecule has 0 saturated carbocycles. The fourth-order valence-corrected chi connectivity index (χ4v) is 3.82. The molecule has 1 N–H and O–H groups in total. The van der Waals surface area contributed by atoms with E-state index in [1.165, 1.54) is 0 Å². The number of halogens is 2. The largest absolute Gasteiger partial charge is 0.482 e. The average molecular weight is 428 g/mol. The summed E-state index contributed by atoms with van der Waals surface area (Å²) in [7, 11) is 0. The highest BCUT2D eigenvalue weighted by molar-refractivity contribution is 6.35. The molecule has 0 aliphatic heterocycles. The quantitative estimate of drug-likeness (QED) is 0.409. The van der Waals surface area contributed by atoms with Gasteiger partial charge in [-0.1, -0.05) is 47.5 Å². The van der Waals surface area contributed by atoms with E-state index in [0.717, 1.165) is 27.5 Å². The highest BCUT2D eigenvalue weighted by Crippen LogP contribution is 2.29. The fourth-order valence-electron chi connectivity index (χ4n) is 3.36. The van der Waals surface area contributed by atoms with Gasteiger partial charge in [-0.15, -0.1) is 0 Å². The molecule has 1 heterocycles. The Bertz CT molecular complexity index is 1190. The summed E-state index contributed by atoms with van der Waals surface area (Å²) in [6.45, 7) is 1.85. The maximum atomic E-state index is 12.2. The van der Waals surface area contributed by atoms with Crippen molar-refractivity contribution in [2.75, 3.05) is 6.61 Å². The molecule has 4 aromatic rings. The fraction of sp³-hybridized carbons (Fsp3) is 0.174. The number of hydrogen-bond acceptors (Lipinski definition) is 3. The molecule has 0 saturated heterocycles. The van der Waals surface area contributed by atoms with Crippen LogP contribution in [0, 0.1) is 0 Å². The highest BCUT2D eigenvalue weighted by atomic mass is 35.5. The number of rotatable bonds is 6. The third-order valence-corrected chi connectivity index (χ3v) is 5.17. The molecule has 4 nitrogen and oxygen atoms in total. The summed E-state index contributed by atoms with van der Waals surface area (Å²) in [6, 6.07) is 18.9. The van der Waals surface area contributed by atoms with E-state index < -0.39 is 0 Å². The van der Waals surface area contributed by atoms with Crippen LogP contribution in [0.2, 0.25) is 10.0 Å². The number of para-hydroxylation sites is 1. The number of furan rings is 1. The summed E-state index contributed by atoms with van der Waals surface area (Å²) in [6.07, 6.45) is 0.697. The maximum absolute atomic E-state index is 12.2. The summed E-state index contributed by atoms with van der Waals surface area (Å²) in [5, 5.41) is 6.02. The van der Waals surface area contributed by atoms with Gasteiger partial charge in [-0.2, -0.15) is 0 Å². The van der Waals surface area contributed by atoms with Crippen LogP contribution in [0.4, 0.5) is 0 Å². The zero-order valence-corrected chi connectivity index (χ0v) is 17.3. The molecule has 0 spiro atoms. The molecule has 1 amide bonds. The van der Waals surface area contributed by atoms with E-state index in [4.69, 9.17) is 32.4 Å². The summed E-state index contributed by atoms with van der Waals surface area (Å²) >= 11 is 11.9. The Hall–Kier alpha value is -2.69. The second-order valence-corrected chi connectivity index (χ2v) is 7.81. The predicted molar refractivity (Wildman–Crippen MR) is 117 cm³/mol. The van der Waals surface area contributed by atoms with Gasteiger partial charge < -0.3 is 14.5 Å². The Morgan fingerprint density at radius 3 is 2.66 bits per heavy atom. The van der Waals surface area contributed by atoms with Crippen LogP contribution in [-0.4, -0.2) is 18.6 Å². The van der Waals surface area contributed by atoms with Crippen molar-refractivity contribution in [2.24, 2.45) is 0 Å². The third kappa shape index (κ3) is 4.50. The lowest BCUT2D eigenvalue weighted by atomic mass is 10.0. The van der Waals surface area contributed by atoms with E-state index in [1.54, 1.807) is 18.2 Å². The van der Waals surface area contributed by atoms with Crippen LogP contribution < -0.4 is 10.1 Å². The first-order chi connectivity index (χ1) is 14.0. The van der Waals surface area contributed by atoms with E-state index >= 15 is 0 Å². The molecule has 1 atom stereocenters. The van der Waals surface area contributed by atoms with Gasteiger partial charge in [-0.25, -0.2) is 0 Å². The highest BCUT2D eigenvalue weighted by Gasteiger charge is 2.12. The van der Waals surface area contributed by atoms with E-state index in [2.05, 4.69) is 17.4 Å². The molecular formula is C23H19Cl2NO3. The van der Waals surface area contributed by atoms with Crippen molar-refractivity contribution < 1.29 is 13.9 Å². The Morgan fingerprint density at radius 1 is 1.03 bits per heavy atom. The molecule has 3 aromatic carbocycles. The molecule has 6 heteroatoms. The smallest absolute Gasteiger partial charge is 0.258 e. The summed E-state index contributed by atoms with van der Waals surface area (Å²) < 4.78 is 11.3. The lowest BCUT2D eigenvalue weighted by molar-refractivity contribution is -0.123. The monoisotopic (exact) mass is 427 g/mol. The normalized spacial score (nSPS) is 12.2. The first-order valence-corrected chi connectivity index (χ1v) is 10.0. The van der Waals surface area contributed by atoms with Crippen LogP contribution in [-0.2, 0) is 11.2 Å².